The number of carbonyl (C=O) groups excluding carboxylic acids is 1. The van der Waals surface area contributed by atoms with E-state index in [1.807, 2.05) is 40.7 Å². The van der Waals surface area contributed by atoms with Crippen LogP contribution in [0.5, 0.6) is 0 Å². The number of hydrogen-bond acceptors (Lipinski definition) is 3. The van der Waals surface area contributed by atoms with E-state index in [9.17, 15) is 9.90 Å². The molecule has 1 aromatic carbocycles. The molecule has 0 spiro atoms. The van der Waals surface area contributed by atoms with Crippen LogP contribution in [0.25, 0.3) is 11.0 Å². The molecule has 0 radical (unpaired) electrons. The predicted octanol–water partition coefficient (Wildman–Crippen LogP) is 1.27. The highest BCUT2D eigenvalue weighted by Crippen LogP contribution is 2.18. The van der Waals surface area contributed by atoms with Crippen molar-refractivity contribution in [1.29, 1.82) is 0 Å². The van der Waals surface area contributed by atoms with Crippen molar-refractivity contribution in [1.82, 2.24) is 14.5 Å². The van der Waals surface area contributed by atoms with Crippen molar-refractivity contribution >= 4 is 16.9 Å². The van der Waals surface area contributed by atoms with Gasteiger partial charge in [0.25, 0.3) is 0 Å². The number of amides is 1. The Morgan fingerprint density at radius 3 is 3.05 bits per heavy atom. The molecule has 1 aliphatic rings. The van der Waals surface area contributed by atoms with Crippen molar-refractivity contribution in [2.24, 2.45) is 5.92 Å². The van der Waals surface area contributed by atoms with E-state index in [0.29, 0.717) is 26.1 Å². The van der Waals surface area contributed by atoms with Gasteiger partial charge in [0.1, 0.15) is 6.54 Å². The van der Waals surface area contributed by atoms with Gasteiger partial charge in [-0.2, -0.15) is 0 Å². The molecule has 1 N–H and O–H groups in total. The Hall–Kier alpha value is -1.88. The zero-order valence-corrected chi connectivity index (χ0v) is 11.6. The quantitative estimate of drug-likeness (QED) is 0.896. The second-order valence-corrected chi connectivity index (χ2v) is 5.53. The van der Waals surface area contributed by atoms with E-state index >= 15 is 0 Å². The van der Waals surface area contributed by atoms with Crippen LogP contribution in [0, 0.1) is 5.92 Å². The van der Waals surface area contributed by atoms with Crippen LogP contribution in [0.3, 0.4) is 0 Å². The Kier molecular flexibility index (Phi) is 3.44. The van der Waals surface area contributed by atoms with E-state index in [1.165, 1.54) is 0 Å². The van der Waals surface area contributed by atoms with Crippen LogP contribution in [-0.2, 0) is 11.3 Å². The average Bonchev–Trinajstić information content (AvgIpc) is 2.85. The highest BCUT2D eigenvalue weighted by Gasteiger charge is 2.27. The molecular weight excluding hydrogens is 254 g/mol. The normalized spacial score (nSPS) is 23.2. The van der Waals surface area contributed by atoms with Gasteiger partial charge in [-0.25, -0.2) is 4.98 Å². The number of aliphatic hydroxyl groups excluding tert-OH is 1. The van der Waals surface area contributed by atoms with Crippen LogP contribution in [0.15, 0.2) is 30.6 Å². The summed E-state index contributed by atoms with van der Waals surface area (Å²) in [6.45, 7) is 3.56. The number of rotatable bonds is 2. The standard InChI is InChI=1S/C15H19N3O2/c1-11-8-17(7-6-14(11)19)15(20)9-18-10-16-12-4-2-3-5-13(12)18/h2-5,10-11,14,19H,6-9H2,1H3. The second-order valence-electron chi connectivity index (χ2n) is 5.53. The van der Waals surface area contributed by atoms with Gasteiger partial charge in [0.05, 0.1) is 23.5 Å². The number of nitrogens with zero attached hydrogens (tertiary/aromatic N) is 3. The maximum atomic E-state index is 12.4. The number of piperidine rings is 1. The maximum absolute atomic E-state index is 12.4. The van der Waals surface area contributed by atoms with Crippen molar-refractivity contribution in [2.75, 3.05) is 13.1 Å². The number of imidazole rings is 1. The fourth-order valence-electron chi connectivity index (χ4n) is 2.74. The summed E-state index contributed by atoms with van der Waals surface area (Å²) in [7, 11) is 0. The highest BCUT2D eigenvalue weighted by molar-refractivity contribution is 5.80. The van der Waals surface area contributed by atoms with Gasteiger partial charge in [-0.3, -0.25) is 4.79 Å². The molecule has 20 heavy (non-hydrogen) atoms. The minimum Gasteiger partial charge on any atom is -0.393 e. The van der Waals surface area contributed by atoms with E-state index in [-0.39, 0.29) is 17.9 Å². The summed E-state index contributed by atoms with van der Waals surface area (Å²) in [6, 6.07) is 7.80. The molecule has 2 aromatic rings. The average molecular weight is 273 g/mol. The van der Waals surface area contributed by atoms with Crippen molar-refractivity contribution < 1.29 is 9.90 Å². The third kappa shape index (κ3) is 2.41. The fraction of sp³-hybridized carbons (Fsp3) is 0.467. The molecular formula is C15H19N3O2. The van der Waals surface area contributed by atoms with Gasteiger partial charge in [-0.05, 0) is 24.5 Å². The van der Waals surface area contributed by atoms with Crippen molar-refractivity contribution in [3.63, 3.8) is 0 Å². The number of aliphatic hydroxyl groups is 1. The lowest BCUT2D eigenvalue weighted by atomic mass is 9.97. The Bertz CT molecular complexity index is 622. The zero-order valence-electron chi connectivity index (χ0n) is 11.6. The summed E-state index contributed by atoms with van der Waals surface area (Å²) in [5.74, 6) is 0.235. The molecule has 5 heteroatoms. The lowest BCUT2D eigenvalue weighted by molar-refractivity contribution is -0.135. The first-order chi connectivity index (χ1) is 9.65. The first-order valence-electron chi connectivity index (χ1n) is 7.01. The molecule has 0 saturated carbocycles. The second kappa shape index (κ2) is 5.25. The number of hydrogen-bond donors (Lipinski definition) is 1. The van der Waals surface area contributed by atoms with Gasteiger partial charge >= 0.3 is 0 Å². The first-order valence-corrected chi connectivity index (χ1v) is 7.01. The smallest absolute Gasteiger partial charge is 0.242 e. The third-order valence-electron chi connectivity index (χ3n) is 4.05. The van der Waals surface area contributed by atoms with Crippen LogP contribution >= 0.6 is 0 Å². The molecule has 0 aliphatic carbocycles. The summed E-state index contributed by atoms with van der Waals surface area (Å²) in [4.78, 5) is 18.5. The van der Waals surface area contributed by atoms with Gasteiger partial charge in [0.2, 0.25) is 5.91 Å². The van der Waals surface area contributed by atoms with Crippen LogP contribution in [-0.4, -0.2) is 44.7 Å². The third-order valence-corrected chi connectivity index (χ3v) is 4.05. The SMILES string of the molecule is CC1CN(C(=O)Cn2cnc3ccccc32)CCC1O. The van der Waals surface area contributed by atoms with Crippen LogP contribution in [0.4, 0.5) is 0 Å². The number of para-hydroxylation sites is 2. The molecule has 2 heterocycles. The van der Waals surface area contributed by atoms with Gasteiger partial charge in [-0.15, -0.1) is 0 Å². The minimum atomic E-state index is -0.284. The molecule has 1 aromatic heterocycles. The molecule has 1 saturated heterocycles. The van der Waals surface area contributed by atoms with E-state index in [0.717, 1.165) is 11.0 Å². The molecule has 1 fully saturated rings. The minimum absolute atomic E-state index is 0.0897. The van der Waals surface area contributed by atoms with Gasteiger partial charge in [-0.1, -0.05) is 19.1 Å². The summed E-state index contributed by atoms with van der Waals surface area (Å²) >= 11 is 0. The molecule has 1 aliphatic heterocycles. The summed E-state index contributed by atoms with van der Waals surface area (Å²) < 4.78 is 1.88. The Balaban J connectivity index is 1.73. The van der Waals surface area contributed by atoms with Gasteiger partial charge < -0.3 is 14.6 Å². The molecule has 1 amide bonds. The topological polar surface area (TPSA) is 58.4 Å². The number of fused-ring (bicyclic) bond motifs is 1. The largest absolute Gasteiger partial charge is 0.393 e. The van der Waals surface area contributed by atoms with Crippen LogP contribution < -0.4 is 0 Å². The first kappa shape index (κ1) is 13.1. The monoisotopic (exact) mass is 273 g/mol. The van der Waals surface area contributed by atoms with E-state index < -0.39 is 0 Å². The number of carbonyl (C=O) groups is 1. The van der Waals surface area contributed by atoms with Crippen molar-refractivity contribution in [3.05, 3.63) is 30.6 Å². The predicted molar refractivity (Wildman–Crippen MR) is 76.1 cm³/mol. The maximum Gasteiger partial charge on any atom is 0.242 e. The highest BCUT2D eigenvalue weighted by atomic mass is 16.3. The lowest BCUT2D eigenvalue weighted by Crippen LogP contribution is -2.46. The lowest BCUT2D eigenvalue weighted by Gasteiger charge is -2.34. The molecule has 3 rings (SSSR count). The molecule has 0 bridgehead atoms. The number of benzene rings is 1. The van der Waals surface area contributed by atoms with E-state index in [4.69, 9.17) is 0 Å². The van der Waals surface area contributed by atoms with Crippen molar-refractivity contribution in [3.8, 4) is 0 Å². The van der Waals surface area contributed by atoms with E-state index in [2.05, 4.69) is 4.98 Å². The Morgan fingerprint density at radius 1 is 1.45 bits per heavy atom. The van der Waals surface area contributed by atoms with Crippen molar-refractivity contribution in [2.45, 2.75) is 26.0 Å². The van der Waals surface area contributed by atoms with Gasteiger partial charge in [0.15, 0.2) is 0 Å². The van der Waals surface area contributed by atoms with E-state index in [1.54, 1.807) is 6.33 Å². The zero-order chi connectivity index (χ0) is 14.1. The summed E-state index contributed by atoms with van der Waals surface area (Å²) in [5, 5.41) is 9.72. The fourth-order valence-corrected chi connectivity index (χ4v) is 2.74. The number of likely N-dealkylation sites (tertiary alicyclic amines) is 1. The molecule has 2 atom stereocenters. The molecule has 2 unspecified atom stereocenters. The molecule has 106 valence electrons. The Morgan fingerprint density at radius 2 is 2.25 bits per heavy atom. The van der Waals surface area contributed by atoms with Crippen LogP contribution in [0.1, 0.15) is 13.3 Å². The van der Waals surface area contributed by atoms with Crippen LogP contribution in [0.2, 0.25) is 0 Å². The Labute approximate surface area is 117 Å². The van der Waals surface area contributed by atoms with Gasteiger partial charge in [0, 0.05) is 13.1 Å². The summed E-state index contributed by atoms with van der Waals surface area (Å²) in [5.41, 5.74) is 1.88. The number of aromatic nitrogens is 2. The molecule has 5 nitrogen and oxygen atoms in total. The summed E-state index contributed by atoms with van der Waals surface area (Å²) in [6.07, 6.45) is 2.09.